The van der Waals surface area contributed by atoms with Crippen LogP contribution in [0.2, 0.25) is 0 Å². The molecule has 0 saturated heterocycles. The first-order valence-electron chi connectivity index (χ1n) is 7.05. The summed E-state index contributed by atoms with van der Waals surface area (Å²) in [5.74, 6) is -0.563. The molecule has 0 spiro atoms. The number of phenols is 1. The topological polar surface area (TPSA) is 86.6 Å². The van der Waals surface area contributed by atoms with E-state index in [4.69, 9.17) is 4.55 Å². The van der Waals surface area contributed by atoms with Gasteiger partial charge in [0.15, 0.2) is 0 Å². The monoisotopic (exact) mass is 347 g/mol. The molecule has 0 aliphatic rings. The molecule has 0 saturated carbocycles. The minimum atomic E-state index is -4.41. The van der Waals surface area contributed by atoms with Gasteiger partial charge in [0.25, 0.3) is 10.1 Å². The molecule has 5 nitrogen and oxygen atoms in total. The highest BCUT2D eigenvalue weighted by atomic mass is 32.2. The summed E-state index contributed by atoms with van der Waals surface area (Å²) in [5, 5.41) is 13.9. The van der Waals surface area contributed by atoms with Gasteiger partial charge in [0, 0.05) is 23.7 Å². The van der Waals surface area contributed by atoms with Crippen LogP contribution in [0.25, 0.3) is 10.8 Å². The molecule has 24 heavy (non-hydrogen) atoms. The molecule has 0 aliphatic carbocycles. The third kappa shape index (κ3) is 3.47. The molecule has 0 heterocycles. The molecule has 7 heteroatoms. The van der Waals surface area contributed by atoms with Crippen molar-refractivity contribution < 1.29 is 22.5 Å². The summed E-state index contributed by atoms with van der Waals surface area (Å²) in [6.07, 6.45) is 0. The van der Waals surface area contributed by atoms with Gasteiger partial charge in [-0.2, -0.15) is 8.42 Å². The van der Waals surface area contributed by atoms with E-state index in [0.717, 1.165) is 11.6 Å². The number of anilines is 1. The Bertz CT molecular complexity index is 1020. The van der Waals surface area contributed by atoms with Crippen LogP contribution in [-0.2, 0) is 16.7 Å². The molecule has 124 valence electrons. The lowest BCUT2D eigenvalue weighted by Crippen LogP contribution is -2.00. The lowest BCUT2D eigenvalue weighted by atomic mass is 10.1. The van der Waals surface area contributed by atoms with Crippen molar-refractivity contribution in [2.45, 2.75) is 11.4 Å². The number of halogens is 1. The fourth-order valence-corrected chi connectivity index (χ4v) is 2.97. The van der Waals surface area contributed by atoms with Crippen molar-refractivity contribution in [3.8, 4) is 5.75 Å². The van der Waals surface area contributed by atoms with Crippen molar-refractivity contribution in [3.05, 3.63) is 66.0 Å². The second-order valence-electron chi connectivity index (χ2n) is 5.34. The van der Waals surface area contributed by atoms with E-state index in [1.54, 1.807) is 30.3 Å². The highest BCUT2D eigenvalue weighted by molar-refractivity contribution is 7.85. The third-order valence-electron chi connectivity index (χ3n) is 3.59. The number of fused-ring (bicyclic) bond motifs is 1. The van der Waals surface area contributed by atoms with E-state index in [-0.39, 0.29) is 16.5 Å². The van der Waals surface area contributed by atoms with Crippen LogP contribution in [0.1, 0.15) is 5.56 Å². The van der Waals surface area contributed by atoms with E-state index in [2.05, 4.69) is 5.32 Å². The zero-order valence-electron chi connectivity index (χ0n) is 12.4. The van der Waals surface area contributed by atoms with Gasteiger partial charge in [-0.15, -0.1) is 0 Å². The van der Waals surface area contributed by atoms with Gasteiger partial charge in [-0.3, -0.25) is 4.55 Å². The molecule has 0 aliphatic heterocycles. The Labute approximate surface area is 138 Å². The second kappa shape index (κ2) is 6.10. The third-order valence-corrected chi connectivity index (χ3v) is 4.42. The Morgan fingerprint density at radius 1 is 1.04 bits per heavy atom. The lowest BCUT2D eigenvalue weighted by molar-refractivity contribution is 0.471. The van der Waals surface area contributed by atoms with Crippen molar-refractivity contribution >= 4 is 26.6 Å². The van der Waals surface area contributed by atoms with Gasteiger partial charge < -0.3 is 10.4 Å². The van der Waals surface area contributed by atoms with Crippen LogP contribution < -0.4 is 5.32 Å². The Morgan fingerprint density at radius 3 is 2.54 bits per heavy atom. The Balaban J connectivity index is 1.92. The first-order chi connectivity index (χ1) is 11.3. The molecule has 0 fully saturated rings. The number of rotatable bonds is 4. The molecule has 0 unspecified atom stereocenters. The first-order valence-corrected chi connectivity index (χ1v) is 8.49. The number of phenolic OH excluding ortho intramolecular Hbond substituents is 1. The summed E-state index contributed by atoms with van der Waals surface area (Å²) in [4.78, 5) is -0.380. The largest absolute Gasteiger partial charge is 0.507 e. The van der Waals surface area contributed by atoms with E-state index in [9.17, 15) is 17.9 Å². The lowest BCUT2D eigenvalue weighted by Gasteiger charge is -2.10. The van der Waals surface area contributed by atoms with Gasteiger partial charge in [-0.05, 0) is 47.3 Å². The Morgan fingerprint density at radius 2 is 1.83 bits per heavy atom. The van der Waals surface area contributed by atoms with Crippen LogP contribution in [0.4, 0.5) is 10.1 Å². The molecule has 0 aromatic heterocycles. The predicted octanol–water partition coefficient (Wildman–Crippen LogP) is 3.54. The summed E-state index contributed by atoms with van der Waals surface area (Å²) in [7, 11) is -4.41. The number of hydrogen-bond donors (Lipinski definition) is 3. The zero-order valence-corrected chi connectivity index (χ0v) is 13.2. The maximum absolute atomic E-state index is 13.2. The van der Waals surface area contributed by atoms with Crippen molar-refractivity contribution in [1.82, 2.24) is 0 Å². The standard InChI is InChI=1S/C17H14FNO4S/c18-13-3-1-2-11(6-13)10-19-14-4-5-16-12(7-14)8-15(9-17(16)20)24(21,22)23/h1-9,19-20H,10H2,(H,21,22,23). The fraction of sp³-hybridized carbons (Fsp3) is 0.0588. The molecular weight excluding hydrogens is 333 g/mol. The minimum Gasteiger partial charge on any atom is -0.507 e. The maximum atomic E-state index is 13.2. The average Bonchev–Trinajstić information content (AvgIpc) is 2.52. The molecule has 0 amide bonds. The van der Waals surface area contributed by atoms with Gasteiger partial charge in [0.1, 0.15) is 11.6 Å². The van der Waals surface area contributed by atoms with Crippen LogP contribution in [0.5, 0.6) is 5.75 Å². The smallest absolute Gasteiger partial charge is 0.294 e. The average molecular weight is 347 g/mol. The van der Waals surface area contributed by atoms with Crippen molar-refractivity contribution in [2.75, 3.05) is 5.32 Å². The summed E-state index contributed by atoms with van der Waals surface area (Å²) < 4.78 is 44.8. The highest BCUT2D eigenvalue weighted by Gasteiger charge is 2.13. The van der Waals surface area contributed by atoms with Gasteiger partial charge in [0.05, 0.1) is 4.90 Å². The van der Waals surface area contributed by atoms with E-state index in [0.29, 0.717) is 23.0 Å². The molecule has 3 rings (SSSR count). The van der Waals surface area contributed by atoms with Gasteiger partial charge >= 0.3 is 0 Å². The van der Waals surface area contributed by atoms with Crippen LogP contribution in [0.3, 0.4) is 0 Å². The quantitative estimate of drug-likeness (QED) is 0.629. The normalized spacial score (nSPS) is 11.6. The van der Waals surface area contributed by atoms with E-state index in [1.807, 2.05) is 0 Å². The van der Waals surface area contributed by atoms with Gasteiger partial charge in [-0.25, -0.2) is 4.39 Å². The van der Waals surface area contributed by atoms with Crippen LogP contribution in [0, 0.1) is 5.82 Å². The fourth-order valence-electron chi connectivity index (χ4n) is 2.43. The minimum absolute atomic E-state index is 0.239. The highest BCUT2D eigenvalue weighted by Crippen LogP contribution is 2.30. The van der Waals surface area contributed by atoms with Crippen LogP contribution >= 0.6 is 0 Å². The molecule has 3 aromatic carbocycles. The molecule has 0 bridgehead atoms. The Hall–Kier alpha value is -2.64. The number of benzene rings is 3. The zero-order chi connectivity index (χ0) is 17.3. The summed E-state index contributed by atoms with van der Waals surface area (Å²) >= 11 is 0. The number of nitrogens with one attached hydrogen (secondary N) is 1. The van der Waals surface area contributed by atoms with Crippen molar-refractivity contribution in [1.29, 1.82) is 0 Å². The van der Waals surface area contributed by atoms with Crippen LogP contribution in [-0.4, -0.2) is 18.1 Å². The molecule has 0 atom stereocenters. The predicted molar refractivity (Wildman–Crippen MR) is 89.2 cm³/mol. The Kier molecular flexibility index (Phi) is 4.13. The van der Waals surface area contributed by atoms with E-state index >= 15 is 0 Å². The number of hydrogen-bond acceptors (Lipinski definition) is 4. The second-order valence-corrected chi connectivity index (χ2v) is 6.76. The van der Waals surface area contributed by atoms with Crippen LogP contribution in [0.15, 0.2) is 59.5 Å². The molecule has 3 aromatic rings. The molecule has 0 radical (unpaired) electrons. The van der Waals surface area contributed by atoms with Crippen molar-refractivity contribution in [3.63, 3.8) is 0 Å². The first kappa shape index (κ1) is 16.2. The van der Waals surface area contributed by atoms with Gasteiger partial charge in [0.2, 0.25) is 0 Å². The summed E-state index contributed by atoms with van der Waals surface area (Å²) in [6.45, 7) is 0.382. The summed E-state index contributed by atoms with van der Waals surface area (Å²) in [6, 6.07) is 13.4. The number of aromatic hydroxyl groups is 1. The summed E-state index contributed by atoms with van der Waals surface area (Å²) in [5.41, 5.74) is 1.42. The van der Waals surface area contributed by atoms with E-state index < -0.39 is 10.1 Å². The maximum Gasteiger partial charge on any atom is 0.294 e. The van der Waals surface area contributed by atoms with Gasteiger partial charge in [-0.1, -0.05) is 12.1 Å². The molecule has 3 N–H and O–H groups in total. The SMILES string of the molecule is O=S(=O)(O)c1cc(O)c2ccc(NCc3cccc(F)c3)cc2c1. The van der Waals surface area contributed by atoms with E-state index in [1.165, 1.54) is 18.2 Å². The molecular formula is C17H14FNO4S. The van der Waals surface area contributed by atoms with Crippen molar-refractivity contribution in [2.24, 2.45) is 0 Å².